The molecule has 2 atom stereocenters. The first-order valence-corrected chi connectivity index (χ1v) is 20.2. The van der Waals surface area contributed by atoms with Crippen LogP contribution in [0, 0.1) is 0 Å². The average molecular weight is 747 g/mol. The maximum atomic E-state index is 12.9. The molecule has 0 spiro atoms. The monoisotopic (exact) mass is 746 g/mol. The lowest BCUT2D eigenvalue weighted by Gasteiger charge is -2.23. The molecular weight excluding hydrogens is 680 g/mol. The molecule has 0 fully saturated rings. The highest BCUT2D eigenvalue weighted by atomic mass is 16.6. The summed E-state index contributed by atoms with van der Waals surface area (Å²) in [5, 5.41) is 3.46. The number of fused-ring (bicyclic) bond motifs is 2. The lowest BCUT2D eigenvalue weighted by Crippen LogP contribution is -2.30. The fourth-order valence-corrected chi connectivity index (χ4v) is 6.23. The molecule has 0 radical (unpaired) electrons. The van der Waals surface area contributed by atoms with Crippen molar-refractivity contribution in [1.29, 1.82) is 0 Å². The molecule has 0 N–H and O–H groups in total. The number of rotatable bonds is 29. The van der Waals surface area contributed by atoms with Crippen LogP contribution >= 0.6 is 0 Å². The maximum Gasteiger partial charge on any atom is 0.306 e. The first-order valence-electron chi connectivity index (χ1n) is 20.2. The van der Waals surface area contributed by atoms with Gasteiger partial charge < -0.3 is 28.4 Å². The molecule has 0 aliphatic rings. The minimum Gasteiger partial charge on any atom is -0.488 e. The average Bonchev–Trinajstić information content (AvgIpc) is 3.15. The lowest BCUT2D eigenvalue weighted by molar-refractivity contribution is -0.154. The molecule has 0 bridgehead atoms. The second kappa shape index (κ2) is 25.2. The van der Waals surface area contributed by atoms with Gasteiger partial charge in [-0.3, -0.25) is 9.59 Å². The summed E-state index contributed by atoms with van der Waals surface area (Å²) in [6.45, 7) is 19.5. The van der Waals surface area contributed by atoms with E-state index in [1.807, 2.05) is 38.1 Å². The van der Waals surface area contributed by atoms with Crippen molar-refractivity contribution in [3.8, 4) is 11.5 Å². The molecule has 54 heavy (non-hydrogen) atoms. The molecule has 298 valence electrons. The van der Waals surface area contributed by atoms with Crippen LogP contribution in [0.25, 0.3) is 21.5 Å². The number of esters is 2. The van der Waals surface area contributed by atoms with Gasteiger partial charge in [0, 0.05) is 34.4 Å². The minimum absolute atomic E-state index is 0.114. The van der Waals surface area contributed by atoms with E-state index in [2.05, 4.69) is 52.1 Å². The third-order valence-electron chi connectivity index (χ3n) is 9.09. The van der Waals surface area contributed by atoms with Gasteiger partial charge in [-0.15, -0.1) is 0 Å². The Morgan fingerprint density at radius 2 is 1.02 bits per heavy atom. The number of carbonyl (C=O) groups excluding carboxylic acids is 2. The molecule has 0 aliphatic carbocycles. The van der Waals surface area contributed by atoms with Crippen molar-refractivity contribution in [2.75, 3.05) is 39.6 Å². The van der Waals surface area contributed by atoms with Crippen molar-refractivity contribution < 1.29 is 38.0 Å². The second-order valence-electron chi connectivity index (χ2n) is 14.6. The van der Waals surface area contributed by atoms with Crippen molar-refractivity contribution in [2.24, 2.45) is 0 Å². The standard InChI is InChI=1S/C46H66O8/c1-8-11-13-15-17-23-43(47)53-37(30-49-28-34(4)5)32-51-45-39-21-19-20-22-40(39)46(42-27-36(10-3)25-26-41(42)45)52-33-38(31-50-29-35(6)7)54-44(48)24-18-16-14-12-9-2/h19-22,25-27,37-38H,4,6,8-18,23-24,28-33H2,1-3,5,7H3. The number of benzene rings is 3. The lowest BCUT2D eigenvalue weighted by atomic mass is 9.98. The van der Waals surface area contributed by atoms with E-state index < -0.39 is 12.2 Å². The molecule has 3 rings (SSSR count). The van der Waals surface area contributed by atoms with Crippen LogP contribution in [0.1, 0.15) is 117 Å². The van der Waals surface area contributed by atoms with Crippen molar-refractivity contribution in [2.45, 2.75) is 130 Å². The largest absolute Gasteiger partial charge is 0.488 e. The summed E-state index contributed by atoms with van der Waals surface area (Å²) in [5.74, 6) is 0.861. The Balaban J connectivity index is 1.89. The molecule has 2 unspecified atom stereocenters. The number of carbonyl (C=O) groups is 2. The van der Waals surface area contributed by atoms with E-state index in [1.165, 1.54) is 12.8 Å². The summed E-state index contributed by atoms with van der Waals surface area (Å²) < 4.78 is 36.9. The Morgan fingerprint density at radius 3 is 1.46 bits per heavy atom. The second-order valence-corrected chi connectivity index (χ2v) is 14.6. The van der Waals surface area contributed by atoms with Crippen molar-refractivity contribution in [3.63, 3.8) is 0 Å². The topological polar surface area (TPSA) is 89.5 Å². The predicted molar refractivity (Wildman–Crippen MR) is 220 cm³/mol. The van der Waals surface area contributed by atoms with Crippen LogP contribution in [-0.4, -0.2) is 63.8 Å². The number of unbranched alkanes of at least 4 members (excludes halogenated alkanes) is 8. The highest BCUT2D eigenvalue weighted by Gasteiger charge is 2.23. The van der Waals surface area contributed by atoms with Crippen molar-refractivity contribution in [3.05, 3.63) is 72.3 Å². The van der Waals surface area contributed by atoms with Crippen LogP contribution in [0.15, 0.2) is 66.8 Å². The minimum atomic E-state index is -0.604. The van der Waals surface area contributed by atoms with Crippen LogP contribution in [0.5, 0.6) is 11.5 Å². The van der Waals surface area contributed by atoms with Crippen molar-refractivity contribution in [1.82, 2.24) is 0 Å². The van der Waals surface area contributed by atoms with Crippen LogP contribution in [0.2, 0.25) is 0 Å². The van der Waals surface area contributed by atoms with E-state index in [1.54, 1.807) is 0 Å². The molecule has 0 amide bonds. The Hall–Kier alpha value is -3.88. The maximum absolute atomic E-state index is 12.9. The third kappa shape index (κ3) is 15.8. The van der Waals surface area contributed by atoms with Crippen LogP contribution < -0.4 is 9.47 Å². The van der Waals surface area contributed by atoms with E-state index in [0.717, 1.165) is 96.0 Å². The molecule has 8 nitrogen and oxygen atoms in total. The van der Waals surface area contributed by atoms with Gasteiger partial charge in [-0.05, 0) is 44.7 Å². The van der Waals surface area contributed by atoms with Crippen LogP contribution in [0.3, 0.4) is 0 Å². The smallest absolute Gasteiger partial charge is 0.306 e. The van der Waals surface area contributed by atoms with Gasteiger partial charge in [0.1, 0.15) is 24.7 Å². The molecule has 0 aliphatic heterocycles. The van der Waals surface area contributed by atoms with Crippen molar-refractivity contribution >= 4 is 33.5 Å². The Bertz CT molecular complexity index is 1610. The van der Waals surface area contributed by atoms with Gasteiger partial charge in [0.25, 0.3) is 0 Å². The van der Waals surface area contributed by atoms with Crippen LogP contribution in [-0.2, 0) is 35.0 Å². The van der Waals surface area contributed by atoms with Crippen LogP contribution in [0.4, 0.5) is 0 Å². The zero-order valence-corrected chi connectivity index (χ0v) is 33.8. The van der Waals surface area contributed by atoms with E-state index in [-0.39, 0.29) is 38.4 Å². The van der Waals surface area contributed by atoms with Gasteiger partial charge in [-0.2, -0.15) is 0 Å². The quantitative estimate of drug-likeness (QED) is 0.0300. The first kappa shape index (κ1) is 44.5. The number of hydrogen-bond acceptors (Lipinski definition) is 8. The van der Waals surface area contributed by atoms with Gasteiger partial charge in [-0.1, -0.05) is 133 Å². The Labute approximate surface area is 324 Å². The summed E-state index contributed by atoms with van der Waals surface area (Å²) in [7, 11) is 0. The zero-order chi connectivity index (χ0) is 39.1. The molecule has 3 aromatic carbocycles. The summed E-state index contributed by atoms with van der Waals surface area (Å²) in [4.78, 5) is 25.8. The third-order valence-corrected chi connectivity index (χ3v) is 9.09. The SMILES string of the molecule is C=C(C)COCC(COc1c2ccccc2c(OCC(COCC(=C)C)OC(=O)CCCCCCC)c2cc(CC)ccc12)OC(=O)CCCCCCC. The van der Waals surface area contributed by atoms with E-state index >= 15 is 0 Å². The molecule has 0 heterocycles. The van der Waals surface area contributed by atoms with Gasteiger partial charge in [0.2, 0.25) is 0 Å². The first-order chi connectivity index (χ1) is 26.2. The van der Waals surface area contributed by atoms with Gasteiger partial charge in [0.05, 0.1) is 26.4 Å². The molecule has 0 saturated carbocycles. The van der Waals surface area contributed by atoms with Gasteiger partial charge in [-0.25, -0.2) is 0 Å². The van der Waals surface area contributed by atoms with E-state index in [0.29, 0.717) is 37.6 Å². The molecule has 8 heteroatoms. The zero-order valence-electron chi connectivity index (χ0n) is 33.8. The summed E-state index contributed by atoms with van der Waals surface area (Å²) in [6.07, 6.45) is 10.9. The fraction of sp³-hybridized carbons (Fsp3) is 0.565. The Kier molecular flexibility index (Phi) is 20.8. The highest BCUT2D eigenvalue weighted by Crippen LogP contribution is 2.43. The summed E-state index contributed by atoms with van der Waals surface area (Å²) >= 11 is 0. The predicted octanol–water partition coefficient (Wildman–Crippen LogP) is 11.0. The highest BCUT2D eigenvalue weighted by molar-refractivity contribution is 6.11. The van der Waals surface area contributed by atoms with Gasteiger partial charge in [0.15, 0.2) is 12.2 Å². The number of hydrogen-bond donors (Lipinski definition) is 0. The normalized spacial score (nSPS) is 12.4. The van der Waals surface area contributed by atoms with E-state index in [9.17, 15) is 9.59 Å². The van der Waals surface area contributed by atoms with E-state index in [4.69, 9.17) is 28.4 Å². The number of ether oxygens (including phenoxy) is 6. The summed E-state index contributed by atoms with van der Waals surface area (Å²) in [6, 6.07) is 14.2. The molecule has 0 aromatic heterocycles. The molecular formula is C46H66O8. The summed E-state index contributed by atoms with van der Waals surface area (Å²) in [5.41, 5.74) is 2.92. The Morgan fingerprint density at radius 1 is 0.574 bits per heavy atom. The number of aryl methyl sites for hydroxylation is 1. The van der Waals surface area contributed by atoms with Gasteiger partial charge >= 0.3 is 11.9 Å². The molecule has 3 aromatic rings. The molecule has 0 saturated heterocycles. The fourth-order valence-electron chi connectivity index (χ4n) is 6.23.